The van der Waals surface area contributed by atoms with E-state index >= 15 is 0 Å². The smallest absolute Gasteiger partial charge is 0.129 e. The molecule has 66 valence electrons. The van der Waals surface area contributed by atoms with Crippen LogP contribution >= 0.6 is 0 Å². The highest BCUT2D eigenvalue weighted by Gasteiger charge is 2.02. The topological polar surface area (TPSA) is 37.3 Å². The van der Waals surface area contributed by atoms with Crippen molar-refractivity contribution < 1.29 is 9.90 Å². The minimum absolute atomic E-state index is 0.265. The van der Waals surface area contributed by atoms with E-state index in [1.165, 1.54) is 0 Å². The van der Waals surface area contributed by atoms with Crippen molar-refractivity contribution in [2.75, 3.05) is 6.61 Å². The lowest BCUT2D eigenvalue weighted by Crippen LogP contribution is -1.99. The van der Waals surface area contributed by atoms with Gasteiger partial charge in [-0.05, 0) is 32.1 Å². The molecule has 0 saturated carbocycles. The van der Waals surface area contributed by atoms with E-state index in [-0.39, 0.29) is 12.4 Å². The molecule has 0 aliphatic heterocycles. The quantitative estimate of drug-likeness (QED) is 0.639. The molecule has 1 N–H and O–H groups in total. The Morgan fingerprint density at radius 1 is 1.45 bits per heavy atom. The number of aliphatic hydroxyl groups excluding tert-OH is 1. The fourth-order valence-corrected chi connectivity index (χ4v) is 1.03. The zero-order valence-corrected chi connectivity index (χ0v) is 7.47. The Morgan fingerprint density at radius 2 is 2.09 bits per heavy atom. The Balaban J connectivity index is 3.22. The molecule has 0 rings (SSSR count). The number of hydrogen-bond acceptors (Lipinski definition) is 2. The van der Waals surface area contributed by atoms with Crippen LogP contribution in [0.1, 0.15) is 39.5 Å². The van der Waals surface area contributed by atoms with E-state index < -0.39 is 0 Å². The van der Waals surface area contributed by atoms with Crippen LogP contribution in [-0.2, 0) is 4.79 Å². The van der Waals surface area contributed by atoms with Crippen LogP contribution in [0.3, 0.4) is 0 Å². The molecule has 2 heteroatoms. The molecule has 0 heterocycles. The predicted molar refractivity (Wildman–Crippen MR) is 45.4 cm³/mol. The number of ketones is 1. The summed E-state index contributed by atoms with van der Waals surface area (Å²) in [7, 11) is 0. The Hall–Kier alpha value is -0.370. The first-order valence-electron chi connectivity index (χ1n) is 4.27. The second-order valence-electron chi connectivity index (χ2n) is 3.21. The summed E-state index contributed by atoms with van der Waals surface area (Å²) < 4.78 is 0. The lowest BCUT2D eigenvalue weighted by molar-refractivity contribution is -0.117. The molecule has 0 saturated heterocycles. The zero-order chi connectivity index (χ0) is 8.69. The molecule has 1 atom stereocenters. The van der Waals surface area contributed by atoms with Gasteiger partial charge >= 0.3 is 0 Å². The van der Waals surface area contributed by atoms with Gasteiger partial charge in [-0.15, -0.1) is 0 Å². The fourth-order valence-electron chi connectivity index (χ4n) is 1.03. The third-order valence-electron chi connectivity index (χ3n) is 1.84. The van der Waals surface area contributed by atoms with Gasteiger partial charge in [-0.2, -0.15) is 0 Å². The van der Waals surface area contributed by atoms with Gasteiger partial charge < -0.3 is 9.90 Å². The third kappa shape index (κ3) is 7.53. The van der Waals surface area contributed by atoms with Crippen LogP contribution in [0, 0.1) is 5.92 Å². The third-order valence-corrected chi connectivity index (χ3v) is 1.84. The highest BCUT2D eigenvalue weighted by molar-refractivity contribution is 5.75. The number of carbonyl (C=O) groups excluding carboxylic acids is 1. The maximum absolute atomic E-state index is 10.6. The summed E-state index contributed by atoms with van der Waals surface area (Å²) in [6, 6.07) is 0. The van der Waals surface area contributed by atoms with Crippen molar-refractivity contribution in [2.24, 2.45) is 5.92 Å². The Labute approximate surface area is 68.6 Å². The summed E-state index contributed by atoms with van der Waals surface area (Å²) in [5.41, 5.74) is 0. The first-order valence-corrected chi connectivity index (χ1v) is 4.27. The van der Waals surface area contributed by atoms with Gasteiger partial charge in [0.1, 0.15) is 5.78 Å². The Morgan fingerprint density at radius 3 is 2.55 bits per heavy atom. The second-order valence-corrected chi connectivity index (χ2v) is 3.21. The van der Waals surface area contributed by atoms with E-state index in [0.717, 1.165) is 19.3 Å². The number of carbonyl (C=O) groups is 1. The summed E-state index contributed by atoms with van der Waals surface area (Å²) in [5, 5.41) is 8.53. The molecule has 0 fully saturated rings. The summed E-state index contributed by atoms with van der Waals surface area (Å²) >= 11 is 0. The predicted octanol–water partition coefficient (Wildman–Crippen LogP) is 1.76. The molecule has 0 aromatic carbocycles. The Kier molecular flexibility index (Phi) is 6.13. The van der Waals surface area contributed by atoms with E-state index in [1.807, 2.05) is 0 Å². The van der Waals surface area contributed by atoms with E-state index in [2.05, 4.69) is 6.92 Å². The van der Waals surface area contributed by atoms with Crippen molar-refractivity contribution in [2.45, 2.75) is 39.5 Å². The van der Waals surface area contributed by atoms with Gasteiger partial charge in [0, 0.05) is 13.0 Å². The Bertz CT molecular complexity index is 110. The molecule has 2 nitrogen and oxygen atoms in total. The van der Waals surface area contributed by atoms with Crippen molar-refractivity contribution in [3.8, 4) is 0 Å². The average Bonchev–Trinajstić information content (AvgIpc) is 1.97. The van der Waals surface area contributed by atoms with Crippen LogP contribution in [0.5, 0.6) is 0 Å². The standard InChI is InChI=1S/C9H18O2/c1-8(4-3-7-10)5-6-9(2)11/h8,10H,3-7H2,1-2H3. The number of aliphatic hydroxyl groups is 1. The fraction of sp³-hybridized carbons (Fsp3) is 0.889. The maximum atomic E-state index is 10.6. The average molecular weight is 158 g/mol. The van der Waals surface area contributed by atoms with Crippen molar-refractivity contribution in [3.63, 3.8) is 0 Å². The molecule has 0 bridgehead atoms. The lowest BCUT2D eigenvalue weighted by atomic mass is 9.99. The summed E-state index contributed by atoms with van der Waals surface area (Å²) in [5.74, 6) is 0.840. The van der Waals surface area contributed by atoms with Crippen molar-refractivity contribution in [3.05, 3.63) is 0 Å². The van der Waals surface area contributed by atoms with E-state index in [9.17, 15) is 4.79 Å². The minimum atomic E-state index is 0.265. The van der Waals surface area contributed by atoms with Crippen LogP contribution in [-0.4, -0.2) is 17.5 Å². The molecule has 0 radical (unpaired) electrons. The van der Waals surface area contributed by atoms with Crippen molar-refractivity contribution in [1.29, 1.82) is 0 Å². The molecule has 11 heavy (non-hydrogen) atoms. The summed E-state index contributed by atoms with van der Waals surface area (Å²) in [4.78, 5) is 10.6. The van der Waals surface area contributed by atoms with Crippen LogP contribution in [0.4, 0.5) is 0 Å². The number of Topliss-reactive ketones (excluding diaryl/α,β-unsaturated/α-hetero) is 1. The van der Waals surface area contributed by atoms with Gasteiger partial charge in [0.25, 0.3) is 0 Å². The van der Waals surface area contributed by atoms with E-state index in [4.69, 9.17) is 5.11 Å². The van der Waals surface area contributed by atoms with Crippen LogP contribution in [0.25, 0.3) is 0 Å². The monoisotopic (exact) mass is 158 g/mol. The van der Waals surface area contributed by atoms with Crippen LogP contribution < -0.4 is 0 Å². The van der Waals surface area contributed by atoms with Gasteiger partial charge in [0.2, 0.25) is 0 Å². The number of hydrogen-bond donors (Lipinski definition) is 1. The van der Waals surface area contributed by atoms with E-state index in [1.54, 1.807) is 6.92 Å². The molecule has 0 aromatic heterocycles. The highest BCUT2D eigenvalue weighted by atomic mass is 16.2. The minimum Gasteiger partial charge on any atom is -0.396 e. The summed E-state index contributed by atoms with van der Waals surface area (Å²) in [6.45, 7) is 4.02. The first-order chi connectivity index (χ1) is 5.16. The van der Waals surface area contributed by atoms with Gasteiger partial charge in [0.15, 0.2) is 0 Å². The SMILES string of the molecule is CC(=O)CCC(C)CCCO. The number of rotatable bonds is 6. The van der Waals surface area contributed by atoms with Crippen LogP contribution in [0.15, 0.2) is 0 Å². The normalized spacial score (nSPS) is 13.0. The maximum Gasteiger partial charge on any atom is 0.129 e. The zero-order valence-electron chi connectivity index (χ0n) is 7.47. The van der Waals surface area contributed by atoms with Crippen LogP contribution in [0.2, 0.25) is 0 Å². The molecule has 1 unspecified atom stereocenters. The first kappa shape index (κ1) is 10.6. The molecule has 0 amide bonds. The molecular weight excluding hydrogens is 140 g/mol. The molecule has 0 aliphatic carbocycles. The van der Waals surface area contributed by atoms with Gasteiger partial charge in [-0.3, -0.25) is 0 Å². The van der Waals surface area contributed by atoms with Gasteiger partial charge in [-0.1, -0.05) is 6.92 Å². The van der Waals surface area contributed by atoms with Gasteiger partial charge in [0.05, 0.1) is 0 Å². The van der Waals surface area contributed by atoms with Crippen molar-refractivity contribution in [1.82, 2.24) is 0 Å². The summed E-state index contributed by atoms with van der Waals surface area (Å²) in [6.07, 6.45) is 3.55. The highest BCUT2D eigenvalue weighted by Crippen LogP contribution is 2.11. The van der Waals surface area contributed by atoms with Gasteiger partial charge in [-0.25, -0.2) is 0 Å². The van der Waals surface area contributed by atoms with Crippen molar-refractivity contribution >= 4 is 5.78 Å². The lowest BCUT2D eigenvalue weighted by Gasteiger charge is -2.07. The largest absolute Gasteiger partial charge is 0.396 e. The molecule has 0 aliphatic rings. The van der Waals surface area contributed by atoms with E-state index in [0.29, 0.717) is 12.3 Å². The second kappa shape index (κ2) is 6.35. The molecule has 0 aromatic rings. The molecule has 0 spiro atoms. The molecular formula is C9H18O2.